The summed E-state index contributed by atoms with van der Waals surface area (Å²) in [4.78, 5) is 0. The average Bonchev–Trinajstić information content (AvgIpc) is 1.61. The molecule has 0 aliphatic carbocycles. The Morgan fingerprint density at radius 1 is 1.57 bits per heavy atom. The Hall–Kier alpha value is 0.467. The quantitative estimate of drug-likeness (QED) is 0.420. The van der Waals surface area contributed by atoms with Crippen LogP contribution in [0.4, 0.5) is 0 Å². The molecule has 0 unspecified atom stereocenters. The van der Waals surface area contributed by atoms with Gasteiger partial charge in [0, 0.05) is 7.11 Å². The Morgan fingerprint density at radius 2 is 2.14 bits per heavy atom. The van der Waals surface area contributed by atoms with Gasteiger partial charge < -0.3 is 4.43 Å². The fourth-order valence-electron chi connectivity index (χ4n) is 0.289. The van der Waals surface area contributed by atoms with E-state index in [4.69, 9.17) is 4.43 Å². The number of halogens is 1. The van der Waals surface area contributed by atoms with Crippen LogP contribution in [-0.2, 0) is 4.43 Å². The molecule has 0 atom stereocenters. The second-order valence-electron chi connectivity index (χ2n) is 1.35. The van der Waals surface area contributed by atoms with E-state index in [2.05, 4.69) is 6.92 Å². The van der Waals surface area contributed by atoms with Gasteiger partial charge in [-0.1, -0.05) is 13.3 Å². The molecule has 0 bridgehead atoms. The SMILES string of the molecule is CCC[SiH2]OC.Cl. The maximum absolute atomic E-state index is 4.92. The second kappa shape index (κ2) is 9.69. The molecule has 0 amide bonds. The van der Waals surface area contributed by atoms with E-state index in [9.17, 15) is 0 Å². The van der Waals surface area contributed by atoms with Gasteiger partial charge in [0.15, 0.2) is 9.76 Å². The molecule has 0 aliphatic heterocycles. The summed E-state index contributed by atoms with van der Waals surface area (Å²) < 4.78 is 4.92. The molecule has 0 aromatic carbocycles. The summed E-state index contributed by atoms with van der Waals surface area (Å²) in [7, 11) is 1.72. The zero-order valence-corrected chi connectivity index (χ0v) is 7.17. The van der Waals surface area contributed by atoms with E-state index in [-0.39, 0.29) is 22.2 Å². The number of hydrogen-bond donors (Lipinski definition) is 0. The Labute approximate surface area is 53.8 Å². The highest BCUT2D eigenvalue weighted by molar-refractivity contribution is 6.26. The van der Waals surface area contributed by atoms with Crippen molar-refractivity contribution in [3.05, 3.63) is 0 Å². The highest BCUT2D eigenvalue weighted by Crippen LogP contribution is 1.82. The molecule has 0 aromatic rings. The molecule has 0 saturated heterocycles. The average molecular weight is 141 g/mol. The van der Waals surface area contributed by atoms with Gasteiger partial charge in [-0.15, -0.1) is 12.4 Å². The summed E-state index contributed by atoms with van der Waals surface area (Å²) >= 11 is 0. The largest absolute Gasteiger partial charge is 0.427 e. The highest BCUT2D eigenvalue weighted by Gasteiger charge is 1.77. The monoisotopic (exact) mass is 140 g/mol. The molecule has 0 N–H and O–H groups in total. The van der Waals surface area contributed by atoms with E-state index >= 15 is 0 Å². The highest BCUT2D eigenvalue weighted by atomic mass is 35.5. The summed E-state index contributed by atoms with van der Waals surface area (Å²) in [5, 5.41) is 0. The summed E-state index contributed by atoms with van der Waals surface area (Å²) in [6, 6.07) is 1.33. The minimum absolute atomic E-state index is 0. The van der Waals surface area contributed by atoms with Crippen LogP contribution in [0.25, 0.3) is 0 Å². The van der Waals surface area contributed by atoms with Crippen LogP contribution in [0.3, 0.4) is 0 Å². The van der Waals surface area contributed by atoms with Crippen LogP contribution in [0.5, 0.6) is 0 Å². The Morgan fingerprint density at radius 3 is 2.29 bits per heavy atom. The third kappa shape index (κ3) is 10.7. The molecule has 0 radical (unpaired) electrons. The van der Waals surface area contributed by atoms with E-state index in [1.54, 1.807) is 7.11 Å². The van der Waals surface area contributed by atoms with Crippen molar-refractivity contribution in [1.29, 1.82) is 0 Å². The van der Waals surface area contributed by atoms with E-state index < -0.39 is 0 Å². The Balaban J connectivity index is 0. The van der Waals surface area contributed by atoms with Gasteiger partial charge in [0.25, 0.3) is 0 Å². The zero-order valence-electron chi connectivity index (χ0n) is 4.94. The minimum Gasteiger partial charge on any atom is -0.427 e. The van der Waals surface area contributed by atoms with Crippen LogP contribution in [-0.4, -0.2) is 16.9 Å². The molecule has 0 aliphatic rings. The predicted molar refractivity (Wildman–Crippen MR) is 37.9 cm³/mol. The van der Waals surface area contributed by atoms with E-state index in [0.29, 0.717) is 0 Å². The van der Waals surface area contributed by atoms with Crippen LogP contribution in [0.1, 0.15) is 13.3 Å². The fourth-order valence-corrected chi connectivity index (χ4v) is 0.866. The van der Waals surface area contributed by atoms with Gasteiger partial charge in [-0.05, 0) is 6.04 Å². The molecule has 0 fully saturated rings. The number of rotatable bonds is 3. The van der Waals surface area contributed by atoms with Crippen molar-refractivity contribution < 1.29 is 4.43 Å². The van der Waals surface area contributed by atoms with Crippen molar-refractivity contribution in [2.75, 3.05) is 7.11 Å². The van der Waals surface area contributed by atoms with E-state index in [1.165, 1.54) is 12.5 Å². The molecule has 0 saturated carbocycles. The smallest absolute Gasteiger partial charge is 0.161 e. The lowest BCUT2D eigenvalue weighted by Gasteiger charge is -1.88. The van der Waals surface area contributed by atoms with E-state index in [1.807, 2.05) is 0 Å². The first-order chi connectivity index (χ1) is 2.91. The van der Waals surface area contributed by atoms with Gasteiger partial charge in [-0.2, -0.15) is 0 Å². The summed E-state index contributed by atoms with van der Waals surface area (Å²) in [5.74, 6) is 0. The van der Waals surface area contributed by atoms with Crippen LogP contribution in [0, 0.1) is 0 Å². The molecule has 1 nitrogen and oxygen atoms in total. The maximum Gasteiger partial charge on any atom is 0.161 e. The first kappa shape index (κ1) is 10.4. The molecular weight excluding hydrogens is 128 g/mol. The summed E-state index contributed by atoms with van der Waals surface area (Å²) in [5.41, 5.74) is 0. The summed E-state index contributed by atoms with van der Waals surface area (Å²) in [6.45, 7) is 2.19. The molecule has 0 spiro atoms. The third-order valence-corrected chi connectivity index (χ3v) is 2.11. The first-order valence-corrected chi connectivity index (χ1v) is 3.98. The minimum atomic E-state index is -0.0783. The number of hydrogen-bond acceptors (Lipinski definition) is 1. The predicted octanol–water partition coefficient (Wildman–Crippen LogP) is 0.967. The van der Waals surface area contributed by atoms with Gasteiger partial charge in [0.1, 0.15) is 0 Å². The van der Waals surface area contributed by atoms with Crippen LogP contribution in [0.2, 0.25) is 6.04 Å². The fraction of sp³-hybridized carbons (Fsp3) is 1.00. The lowest BCUT2D eigenvalue weighted by Crippen LogP contribution is -1.89. The Kier molecular flexibility index (Phi) is 14.5. The van der Waals surface area contributed by atoms with Crippen molar-refractivity contribution >= 4 is 22.2 Å². The first-order valence-electron chi connectivity index (χ1n) is 2.40. The van der Waals surface area contributed by atoms with Crippen LogP contribution < -0.4 is 0 Å². The van der Waals surface area contributed by atoms with Crippen molar-refractivity contribution in [1.82, 2.24) is 0 Å². The molecule has 46 valence electrons. The van der Waals surface area contributed by atoms with Gasteiger partial charge in [0.2, 0.25) is 0 Å². The van der Waals surface area contributed by atoms with Crippen LogP contribution in [0.15, 0.2) is 0 Å². The lowest BCUT2D eigenvalue weighted by atomic mass is 10.6. The van der Waals surface area contributed by atoms with Crippen molar-refractivity contribution in [2.24, 2.45) is 0 Å². The Bertz CT molecular complexity index is 23.7. The molecule has 7 heavy (non-hydrogen) atoms. The van der Waals surface area contributed by atoms with Gasteiger partial charge >= 0.3 is 0 Å². The molecular formula is C4H13ClOSi. The third-order valence-electron chi connectivity index (χ3n) is 0.702. The topological polar surface area (TPSA) is 9.23 Å². The van der Waals surface area contributed by atoms with Crippen LogP contribution >= 0.6 is 12.4 Å². The molecule has 0 heterocycles. The van der Waals surface area contributed by atoms with Crippen molar-refractivity contribution in [2.45, 2.75) is 19.4 Å². The van der Waals surface area contributed by atoms with Crippen molar-refractivity contribution in [3.8, 4) is 0 Å². The second-order valence-corrected chi connectivity index (χ2v) is 3.04. The molecule has 0 aromatic heterocycles. The molecule has 3 heteroatoms. The zero-order chi connectivity index (χ0) is 4.83. The normalized spacial score (nSPS) is 9.43. The summed E-state index contributed by atoms with van der Waals surface area (Å²) in [6.07, 6.45) is 1.29. The van der Waals surface area contributed by atoms with Crippen molar-refractivity contribution in [3.63, 3.8) is 0 Å². The standard InChI is InChI=1S/C4H12OSi.ClH/c1-3-4-6-5-2;/h3-4,6H2,1-2H3;1H. The lowest BCUT2D eigenvalue weighted by molar-refractivity contribution is 0.440. The molecule has 0 rings (SSSR count). The van der Waals surface area contributed by atoms with E-state index in [0.717, 1.165) is 0 Å². The maximum atomic E-state index is 4.92. The van der Waals surface area contributed by atoms with Gasteiger partial charge in [-0.25, -0.2) is 0 Å². The van der Waals surface area contributed by atoms with Gasteiger partial charge in [-0.3, -0.25) is 0 Å². The van der Waals surface area contributed by atoms with Gasteiger partial charge in [0.05, 0.1) is 0 Å².